The Bertz CT molecular complexity index is 408. The summed E-state index contributed by atoms with van der Waals surface area (Å²) in [4.78, 5) is 1.37. The highest BCUT2D eigenvalue weighted by Gasteiger charge is 1.95. The molecule has 0 aliphatic heterocycles. The van der Waals surface area contributed by atoms with Gasteiger partial charge in [-0.15, -0.1) is 22.9 Å². The van der Waals surface area contributed by atoms with Crippen LogP contribution in [-0.4, -0.2) is 0 Å². The monoisotopic (exact) mass is 251 g/mol. The van der Waals surface area contributed by atoms with Crippen LogP contribution in [0.2, 0.25) is 0 Å². The van der Waals surface area contributed by atoms with Crippen LogP contribution in [-0.2, 0) is 19.0 Å². The Morgan fingerprint density at radius 1 is 1.00 bits per heavy atom. The Hall–Kier alpha value is -0.830. The van der Waals surface area contributed by atoms with E-state index < -0.39 is 0 Å². The van der Waals surface area contributed by atoms with Crippen LogP contribution in [0.4, 0.5) is 0 Å². The fraction of sp³-hybridized carbons (Fsp3) is 0.231. The number of nitrogens with one attached hydrogen (secondary N) is 1. The first kappa shape index (κ1) is 11.6. The third kappa shape index (κ3) is 3.34. The van der Waals surface area contributed by atoms with Crippen molar-refractivity contribution in [2.24, 2.45) is 0 Å². The van der Waals surface area contributed by atoms with Crippen LogP contribution in [0.25, 0.3) is 0 Å². The fourth-order valence-corrected chi connectivity index (χ4v) is 2.34. The van der Waals surface area contributed by atoms with Gasteiger partial charge in [-0.25, -0.2) is 0 Å². The van der Waals surface area contributed by atoms with Crippen molar-refractivity contribution in [3.8, 4) is 0 Å². The number of halogens is 1. The first-order valence-electron chi connectivity index (χ1n) is 5.25. The maximum Gasteiger partial charge on any atom is 0.0474 e. The summed E-state index contributed by atoms with van der Waals surface area (Å²) in [5.74, 6) is 0.586. The molecule has 0 spiro atoms. The van der Waals surface area contributed by atoms with E-state index in [0.717, 1.165) is 13.1 Å². The van der Waals surface area contributed by atoms with Crippen LogP contribution in [0, 0.1) is 0 Å². The van der Waals surface area contributed by atoms with Crippen LogP contribution in [0.15, 0.2) is 41.8 Å². The topological polar surface area (TPSA) is 12.0 Å². The second-order valence-corrected chi connectivity index (χ2v) is 4.93. The van der Waals surface area contributed by atoms with Crippen LogP contribution >= 0.6 is 22.9 Å². The summed E-state index contributed by atoms with van der Waals surface area (Å²) < 4.78 is 0. The molecule has 16 heavy (non-hydrogen) atoms. The van der Waals surface area contributed by atoms with Gasteiger partial charge >= 0.3 is 0 Å². The molecule has 1 aromatic carbocycles. The SMILES string of the molecule is ClCc1ccc(CNCc2cccs2)cc1. The van der Waals surface area contributed by atoms with Crippen molar-refractivity contribution in [3.63, 3.8) is 0 Å². The average molecular weight is 252 g/mol. The van der Waals surface area contributed by atoms with Crippen molar-refractivity contribution >= 4 is 22.9 Å². The van der Waals surface area contributed by atoms with E-state index in [1.165, 1.54) is 16.0 Å². The summed E-state index contributed by atoms with van der Waals surface area (Å²) in [6.07, 6.45) is 0. The Balaban J connectivity index is 1.81. The van der Waals surface area contributed by atoms with Crippen molar-refractivity contribution in [1.29, 1.82) is 0 Å². The number of hydrogen-bond donors (Lipinski definition) is 1. The summed E-state index contributed by atoms with van der Waals surface area (Å²) in [6.45, 7) is 1.84. The van der Waals surface area contributed by atoms with Gasteiger partial charge in [0.05, 0.1) is 0 Å². The number of alkyl halides is 1. The molecule has 0 aliphatic rings. The molecule has 0 amide bonds. The highest BCUT2D eigenvalue weighted by atomic mass is 35.5. The van der Waals surface area contributed by atoms with E-state index in [-0.39, 0.29) is 0 Å². The van der Waals surface area contributed by atoms with Crippen LogP contribution < -0.4 is 5.32 Å². The predicted molar refractivity (Wildman–Crippen MR) is 70.9 cm³/mol. The summed E-state index contributed by atoms with van der Waals surface area (Å²) >= 11 is 7.52. The fourth-order valence-electron chi connectivity index (χ4n) is 1.49. The molecule has 3 heteroatoms. The lowest BCUT2D eigenvalue weighted by Crippen LogP contribution is -2.11. The van der Waals surface area contributed by atoms with Crippen LogP contribution in [0.5, 0.6) is 0 Å². The van der Waals surface area contributed by atoms with Crippen molar-refractivity contribution < 1.29 is 0 Å². The molecule has 0 fully saturated rings. The van der Waals surface area contributed by atoms with Crippen LogP contribution in [0.3, 0.4) is 0 Å². The molecule has 1 heterocycles. The Morgan fingerprint density at radius 2 is 1.75 bits per heavy atom. The minimum atomic E-state index is 0.586. The molecule has 0 aliphatic carbocycles. The molecule has 2 rings (SSSR count). The molecule has 0 saturated heterocycles. The normalized spacial score (nSPS) is 10.6. The van der Waals surface area contributed by atoms with Gasteiger partial charge < -0.3 is 5.32 Å². The van der Waals surface area contributed by atoms with Crippen molar-refractivity contribution in [1.82, 2.24) is 5.32 Å². The maximum absolute atomic E-state index is 5.74. The van der Waals surface area contributed by atoms with E-state index >= 15 is 0 Å². The molecule has 1 N–H and O–H groups in total. The van der Waals surface area contributed by atoms with Gasteiger partial charge in [0, 0.05) is 23.8 Å². The molecule has 1 nitrogen and oxygen atoms in total. The second-order valence-electron chi connectivity index (χ2n) is 3.63. The molecular weight excluding hydrogens is 238 g/mol. The first-order chi connectivity index (χ1) is 7.88. The molecule has 0 unspecified atom stereocenters. The van der Waals surface area contributed by atoms with Gasteiger partial charge in [0.2, 0.25) is 0 Å². The van der Waals surface area contributed by atoms with E-state index in [0.29, 0.717) is 5.88 Å². The minimum Gasteiger partial charge on any atom is -0.308 e. The summed E-state index contributed by atoms with van der Waals surface area (Å²) in [5.41, 5.74) is 2.47. The maximum atomic E-state index is 5.74. The number of rotatable bonds is 5. The van der Waals surface area contributed by atoms with Crippen molar-refractivity contribution in [2.75, 3.05) is 0 Å². The summed E-state index contributed by atoms with van der Waals surface area (Å²) in [5, 5.41) is 5.52. The molecule has 0 saturated carbocycles. The number of hydrogen-bond acceptors (Lipinski definition) is 2. The van der Waals surface area contributed by atoms with Gasteiger partial charge in [0.25, 0.3) is 0 Å². The van der Waals surface area contributed by atoms with Gasteiger partial charge in [0.15, 0.2) is 0 Å². The average Bonchev–Trinajstić information content (AvgIpc) is 2.83. The van der Waals surface area contributed by atoms with Crippen molar-refractivity contribution in [3.05, 3.63) is 57.8 Å². The van der Waals surface area contributed by atoms with Gasteiger partial charge in [0.1, 0.15) is 0 Å². The zero-order chi connectivity index (χ0) is 11.2. The summed E-state index contributed by atoms with van der Waals surface area (Å²) in [7, 11) is 0. The zero-order valence-corrected chi connectivity index (χ0v) is 10.5. The van der Waals surface area contributed by atoms with E-state index in [1.807, 2.05) is 0 Å². The zero-order valence-electron chi connectivity index (χ0n) is 8.95. The number of benzene rings is 1. The third-order valence-corrected chi connectivity index (χ3v) is 3.57. The Morgan fingerprint density at radius 3 is 2.38 bits per heavy atom. The molecule has 1 aromatic heterocycles. The Kier molecular flexibility index (Phi) is 4.40. The van der Waals surface area contributed by atoms with E-state index in [1.54, 1.807) is 11.3 Å². The molecular formula is C13H14ClNS. The van der Waals surface area contributed by atoms with Gasteiger partial charge in [-0.05, 0) is 22.6 Å². The quantitative estimate of drug-likeness (QED) is 0.798. The molecule has 0 bridgehead atoms. The Labute approximate surface area is 105 Å². The lowest BCUT2D eigenvalue weighted by atomic mass is 10.1. The largest absolute Gasteiger partial charge is 0.308 e. The van der Waals surface area contributed by atoms with Crippen LogP contribution in [0.1, 0.15) is 16.0 Å². The minimum absolute atomic E-state index is 0.586. The van der Waals surface area contributed by atoms with E-state index in [2.05, 4.69) is 47.1 Å². The lowest BCUT2D eigenvalue weighted by Gasteiger charge is -2.04. The van der Waals surface area contributed by atoms with E-state index in [9.17, 15) is 0 Å². The molecule has 0 atom stereocenters. The molecule has 84 valence electrons. The standard InChI is InChI=1S/C13H14ClNS/c14-8-11-3-5-12(6-4-11)9-15-10-13-2-1-7-16-13/h1-7,15H,8-10H2. The first-order valence-corrected chi connectivity index (χ1v) is 6.67. The third-order valence-electron chi connectivity index (χ3n) is 2.39. The van der Waals surface area contributed by atoms with Gasteiger partial charge in [-0.2, -0.15) is 0 Å². The smallest absolute Gasteiger partial charge is 0.0474 e. The summed E-state index contributed by atoms with van der Waals surface area (Å²) in [6, 6.07) is 12.6. The second kappa shape index (κ2) is 6.04. The number of thiophene rings is 1. The highest BCUT2D eigenvalue weighted by Crippen LogP contribution is 2.09. The van der Waals surface area contributed by atoms with E-state index in [4.69, 9.17) is 11.6 Å². The van der Waals surface area contributed by atoms with Gasteiger partial charge in [-0.1, -0.05) is 30.3 Å². The predicted octanol–water partition coefficient (Wildman–Crippen LogP) is 3.78. The lowest BCUT2D eigenvalue weighted by molar-refractivity contribution is 0.701. The van der Waals surface area contributed by atoms with Gasteiger partial charge in [-0.3, -0.25) is 0 Å². The molecule has 2 aromatic rings. The molecule has 0 radical (unpaired) electrons. The van der Waals surface area contributed by atoms with Crippen molar-refractivity contribution in [2.45, 2.75) is 19.0 Å². The highest BCUT2D eigenvalue weighted by molar-refractivity contribution is 7.09.